The maximum atomic E-state index is 11.6. The standard InChI is InChI=1S/C12H12N4O/c1-8-7-10(17)11(12(13)14)15-16(8)9-5-3-2-4-6-9/h2-7H,1H3,(H3,13,14). The number of para-hydroxylation sites is 1. The van der Waals surface area contributed by atoms with Gasteiger partial charge in [0.15, 0.2) is 5.69 Å². The number of hydrogen-bond donors (Lipinski definition) is 2. The normalized spacial score (nSPS) is 10.2. The third kappa shape index (κ3) is 2.08. The van der Waals surface area contributed by atoms with Gasteiger partial charge in [-0.05, 0) is 19.1 Å². The lowest BCUT2D eigenvalue weighted by Crippen LogP contribution is -2.27. The predicted molar refractivity (Wildman–Crippen MR) is 65.6 cm³/mol. The Kier molecular flexibility index (Phi) is 2.74. The smallest absolute Gasteiger partial charge is 0.211 e. The molecule has 1 aromatic carbocycles. The highest BCUT2D eigenvalue weighted by atomic mass is 16.1. The van der Waals surface area contributed by atoms with Crippen molar-refractivity contribution in [2.45, 2.75) is 6.92 Å². The van der Waals surface area contributed by atoms with Crippen LogP contribution in [-0.4, -0.2) is 15.6 Å². The van der Waals surface area contributed by atoms with E-state index in [0.717, 1.165) is 5.69 Å². The predicted octanol–water partition coefficient (Wildman–Crippen LogP) is 0.825. The average Bonchev–Trinajstić information content (AvgIpc) is 2.29. The van der Waals surface area contributed by atoms with Crippen molar-refractivity contribution in [3.05, 3.63) is 58.0 Å². The average molecular weight is 228 g/mol. The van der Waals surface area contributed by atoms with Crippen LogP contribution in [0.5, 0.6) is 0 Å². The molecule has 0 saturated carbocycles. The van der Waals surface area contributed by atoms with Crippen LogP contribution in [0.3, 0.4) is 0 Å². The Morgan fingerprint density at radius 2 is 2.00 bits per heavy atom. The SMILES string of the molecule is Cc1cc(=O)c(C(=N)N)nn1-c1ccccc1. The zero-order chi connectivity index (χ0) is 12.4. The summed E-state index contributed by atoms with van der Waals surface area (Å²) in [5, 5.41) is 11.4. The van der Waals surface area contributed by atoms with Crippen molar-refractivity contribution in [1.29, 1.82) is 5.41 Å². The van der Waals surface area contributed by atoms with Crippen molar-refractivity contribution in [2.24, 2.45) is 5.73 Å². The van der Waals surface area contributed by atoms with Crippen molar-refractivity contribution in [2.75, 3.05) is 0 Å². The Labute approximate surface area is 98.0 Å². The molecule has 0 saturated heterocycles. The lowest BCUT2D eigenvalue weighted by molar-refractivity contribution is 0.792. The second-order valence-corrected chi connectivity index (χ2v) is 3.66. The molecule has 2 rings (SSSR count). The molecule has 17 heavy (non-hydrogen) atoms. The zero-order valence-electron chi connectivity index (χ0n) is 9.34. The fraction of sp³-hybridized carbons (Fsp3) is 0.0833. The Morgan fingerprint density at radius 3 is 2.59 bits per heavy atom. The Morgan fingerprint density at radius 1 is 1.35 bits per heavy atom. The largest absolute Gasteiger partial charge is 0.382 e. The van der Waals surface area contributed by atoms with Crippen molar-refractivity contribution in [3.8, 4) is 5.69 Å². The second-order valence-electron chi connectivity index (χ2n) is 3.66. The number of nitrogens with zero attached hydrogens (tertiary/aromatic N) is 2. The molecule has 0 spiro atoms. The van der Waals surface area contributed by atoms with E-state index in [-0.39, 0.29) is 17.0 Å². The molecule has 5 heteroatoms. The van der Waals surface area contributed by atoms with E-state index in [9.17, 15) is 4.79 Å². The molecule has 0 aliphatic carbocycles. The maximum Gasteiger partial charge on any atom is 0.211 e. The van der Waals surface area contributed by atoms with E-state index >= 15 is 0 Å². The molecule has 0 unspecified atom stereocenters. The number of hydrogen-bond acceptors (Lipinski definition) is 3. The van der Waals surface area contributed by atoms with E-state index < -0.39 is 0 Å². The van der Waals surface area contributed by atoms with E-state index in [4.69, 9.17) is 11.1 Å². The van der Waals surface area contributed by atoms with Gasteiger partial charge < -0.3 is 5.73 Å². The van der Waals surface area contributed by atoms with Gasteiger partial charge in [-0.15, -0.1) is 0 Å². The molecule has 0 amide bonds. The van der Waals surface area contributed by atoms with Crippen LogP contribution in [0.25, 0.3) is 5.69 Å². The molecule has 1 heterocycles. The summed E-state index contributed by atoms with van der Waals surface area (Å²) in [6, 6.07) is 10.8. The molecule has 0 bridgehead atoms. The molecule has 0 atom stereocenters. The summed E-state index contributed by atoms with van der Waals surface area (Å²) in [5.41, 5.74) is 6.49. The maximum absolute atomic E-state index is 11.6. The van der Waals surface area contributed by atoms with Gasteiger partial charge in [0.2, 0.25) is 5.43 Å². The minimum absolute atomic E-state index is 0.0283. The monoisotopic (exact) mass is 228 g/mol. The Bertz CT molecular complexity index is 616. The Hall–Kier alpha value is -2.43. The molecule has 2 aromatic rings. The van der Waals surface area contributed by atoms with Gasteiger partial charge in [-0.1, -0.05) is 18.2 Å². The van der Waals surface area contributed by atoms with Crippen molar-refractivity contribution in [1.82, 2.24) is 9.78 Å². The zero-order valence-corrected chi connectivity index (χ0v) is 9.34. The summed E-state index contributed by atoms with van der Waals surface area (Å²) in [6.07, 6.45) is 0. The van der Waals surface area contributed by atoms with Crippen molar-refractivity contribution < 1.29 is 0 Å². The molecular weight excluding hydrogens is 216 g/mol. The summed E-state index contributed by atoms with van der Waals surface area (Å²) >= 11 is 0. The van der Waals surface area contributed by atoms with Gasteiger partial charge >= 0.3 is 0 Å². The van der Waals surface area contributed by atoms with Gasteiger partial charge in [0.05, 0.1) is 5.69 Å². The summed E-state index contributed by atoms with van der Waals surface area (Å²) in [5.74, 6) is -0.320. The highest BCUT2D eigenvalue weighted by Gasteiger charge is 2.09. The van der Waals surface area contributed by atoms with E-state index in [1.165, 1.54) is 6.07 Å². The van der Waals surface area contributed by atoms with Gasteiger partial charge in [-0.2, -0.15) is 5.10 Å². The summed E-state index contributed by atoms with van der Waals surface area (Å²) < 4.78 is 1.60. The minimum atomic E-state index is -0.331. The first-order chi connectivity index (χ1) is 8.09. The Balaban J connectivity index is 2.67. The van der Waals surface area contributed by atoms with Gasteiger partial charge in [0.25, 0.3) is 0 Å². The van der Waals surface area contributed by atoms with Crippen LogP contribution in [-0.2, 0) is 0 Å². The number of aryl methyl sites for hydroxylation is 1. The quantitative estimate of drug-likeness (QED) is 0.589. The van der Waals surface area contributed by atoms with Crippen molar-refractivity contribution in [3.63, 3.8) is 0 Å². The first-order valence-electron chi connectivity index (χ1n) is 5.10. The number of benzene rings is 1. The van der Waals surface area contributed by atoms with E-state index in [2.05, 4.69) is 5.10 Å². The molecule has 0 aliphatic rings. The van der Waals surface area contributed by atoms with Crippen LogP contribution in [0.1, 0.15) is 11.4 Å². The number of nitrogens with one attached hydrogen (secondary N) is 1. The first-order valence-corrected chi connectivity index (χ1v) is 5.10. The number of aromatic nitrogens is 2. The molecule has 1 aromatic heterocycles. The summed E-state index contributed by atoms with van der Waals surface area (Å²) in [4.78, 5) is 11.6. The van der Waals surface area contributed by atoms with Crippen LogP contribution in [0.4, 0.5) is 0 Å². The number of rotatable bonds is 2. The summed E-state index contributed by atoms with van der Waals surface area (Å²) in [7, 11) is 0. The van der Waals surface area contributed by atoms with E-state index in [1.807, 2.05) is 30.3 Å². The molecule has 86 valence electrons. The van der Waals surface area contributed by atoms with Crippen LogP contribution >= 0.6 is 0 Å². The highest BCUT2D eigenvalue weighted by Crippen LogP contribution is 2.07. The van der Waals surface area contributed by atoms with Crippen LogP contribution in [0.2, 0.25) is 0 Å². The molecule has 0 radical (unpaired) electrons. The number of nitrogens with two attached hydrogens (primary N) is 1. The van der Waals surface area contributed by atoms with Crippen molar-refractivity contribution >= 4 is 5.84 Å². The number of nitrogen functional groups attached to an aromatic ring is 1. The van der Waals surface area contributed by atoms with Crippen LogP contribution in [0, 0.1) is 12.3 Å². The molecule has 3 N–H and O–H groups in total. The van der Waals surface area contributed by atoms with Gasteiger partial charge in [0.1, 0.15) is 5.84 Å². The molecule has 0 aliphatic heterocycles. The summed E-state index contributed by atoms with van der Waals surface area (Å²) in [6.45, 7) is 1.78. The van der Waals surface area contributed by atoms with Gasteiger partial charge in [-0.25, -0.2) is 4.68 Å². The topological polar surface area (TPSA) is 84.8 Å². The van der Waals surface area contributed by atoms with Gasteiger partial charge in [-0.3, -0.25) is 10.2 Å². The highest BCUT2D eigenvalue weighted by molar-refractivity contribution is 5.92. The fourth-order valence-corrected chi connectivity index (χ4v) is 1.56. The van der Waals surface area contributed by atoms with Crippen LogP contribution < -0.4 is 11.2 Å². The lowest BCUT2D eigenvalue weighted by Gasteiger charge is -2.10. The fourth-order valence-electron chi connectivity index (χ4n) is 1.56. The third-order valence-electron chi connectivity index (χ3n) is 2.36. The minimum Gasteiger partial charge on any atom is -0.382 e. The molecule has 0 fully saturated rings. The molecular formula is C12H12N4O. The van der Waals surface area contributed by atoms with Crippen LogP contribution in [0.15, 0.2) is 41.2 Å². The van der Waals surface area contributed by atoms with Gasteiger partial charge in [0, 0.05) is 11.8 Å². The first kappa shape index (κ1) is 11.1. The lowest BCUT2D eigenvalue weighted by atomic mass is 10.3. The third-order valence-corrected chi connectivity index (χ3v) is 2.36. The van der Waals surface area contributed by atoms with E-state index in [1.54, 1.807) is 11.6 Å². The van der Waals surface area contributed by atoms with E-state index in [0.29, 0.717) is 5.69 Å². The number of amidine groups is 1. The molecule has 5 nitrogen and oxygen atoms in total. The second kappa shape index (κ2) is 4.21.